The third-order valence-electron chi connectivity index (χ3n) is 3.09. The van der Waals surface area contributed by atoms with Gasteiger partial charge in [0.1, 0.15) is 0 Å². The molecule has 21 heavy (non-hydrogen) atoms. The summed E-state index contributed by atoms with van der Waals surface area (Å²) in [5, 5.41) is 17.4. The summed E-state index contributed by atoms with van der Waals surface area (Å²) >= 11 is 0. The van der Waals surface area contributed by atoms with E-state index in [0.29, 0.717) is 23.1 Å². The van der Waals surface area contributed by atoms with Crippen LogP contribution in [0.1, 0.15) is 33.5 Å². The average Bonchev–Trinajstić information content (AvgIpc) is 2.52. The van der Waals surface area contributed by atoms with Gasteiger partial charge in [0.2, 0.25) is 0 Å². The minimum Gasteiger partial charge on any atom is -0.481 e. The largest absolute Gasteiger partial charge is 0.481 e. The van der Waals surface area contributed by atoms with E-state index in [9.17, 15) is 9.59 Å². The SMILES string of the molecule is N#Cc1ccc(C(=O)c2cccc(CCC(=O)O)c2)cc1. The van der Waals surface area contributed by atoms with Crippen LogP contribution in [-0.4, -0.2) is 16.9 Å². The summed E-state index contributed by atoms with van der Waals surface area (Å²) in [5.74, 6) is -1.00. The molecule has 2 rings (SSSR count). The number of carboxylic acids is 1. The zero-order valence-electron chi connectivity index (χ0n) is 11.2. The van der Waals surface area contributed by atoms with Crippen LogP contribution >= 0.6 is 0 Å². The van der Waals surface area contributed by atoms with E-state index in [1.165, 1.54) is 0 Å². The summed E-state index contributed by atoms with van der Waals surface area (Å²) in [6.07, 6.45) is 0.429. The maximum absolute atomic E-state index is 12.3. The number of carboxylic acid groups (broad SMARTS) is 1. The van der Waals surface area contributed by atoms with Gasteiger partial charge in [0.05, 0.1) is 11.6 Å². The molecule has 0 aromatic heterocycles. The van der Waals surface area contributed by atoms with Crippen LogP contribution in [0, 0.1) is 11.3 Å². The predicted molar refractivity (Wildman–Crippen MR) is 77.0 cm³/mol. The molecule has 0 bridgehead atoms. The summed E-state index contributed by atoms with van der Waals surface area (Å²) in [6, 6.07) is 15.4. The third kappa shape index (κ3) is 3.77. The van der Waals surface area contributed by atoms with E-state index < -0.39 is 5.97 Å². The fourth-order valence-corrected chi connectivity index (χ4v) is 1.98. The lowest BCUT2D eigenvalue weighted by molar-refractivity contribution is -0.136. The number of benzene rings is 2. The molecular formula is C17H13NO3. The Morgan fingerprint density at radius 2 is 1.76 bits per heavy atom. The molecule has 1 N–H and O–H groups in total. The van der Waals surface area contributed by atoms with Crippen molar-refractivity contribution in [1.82, 2.24) is 0 Å². The molecule has 0 amide bonds. The molecule has 0 fully saturated rings. The highest BCUT2D eigenvalue weighted by atomic mass is 16.4. The van der Waals surface area contributed by atoms with Gasteiger partial charge in [0, 0.05) is 17.5 Å². The molecule has 0 saturated heterocycles. The number of hydrogen-bond acceptors (Lipinski definition) is 3. The molecule has 0 saturated carbocycles. The van der Waals surface area contributed by atoms with Gasteiger partial charge in [-0.1, -0.05) is 18.2 Å². The van der Waals surface area contributed by atoms with Crippen LogP contribution in [0.2, 0.25) is 0 Å². The van der Waals surface area contributed by atoms with E-state index in [2.05, 4.69) is 0 Å². The Labute approximate surface area is 122 Å². The number of ketones is 1. The first-order valence-electron chi connectivity index (χ1n) is 6.46. The second-order valence-corrected chi connectivity index (χ2v) is 4.61. The Balaban J connectivity index is 2.20. The molecule has 0 radical (unpaired) electrons. The summed E-state index contributed by atoms with van der Waals surface area (Å²) in [5.41, 5.74) is 2.34. The van der Waals surface area contributed by atoms with Gasteiger partial charge in [-0.3, -0.25) is 9.59 Å². The number of nitriles is 1. The summed E-state index contributed by atoms with van der Waals surface area (Å²) in [6.45, 7) is 0. The Kier molecular flexibility index (Phi) is 4.47. The molecule has 2 aromatic rings. The average molecular weight is 279 g/mol. The van der Waals surface area contributed by atoms with Crippen molar-refractivity contribution in [3.8, 4) is 6.07 Å². The van der Waals surface area contributed by atoms with Gasteiger partial charge in [-0.15, -0.1) is 0 Å². The van der Waals surface area contributed by atoms with Crippen molar-refractivity contribution in [1.29, 1.82) is 5.26 Å². The van der Waals surface area contributed by atoms with Crippen molar-refractivity contribution in [2.75, 3.05) is 0 Å². The number of rotatable bonds is 5. The molecule has 0 aliphatic rings. The van der Waals surface area contributed by atoms with E-state index in [1.807, 2.05) is 6.07 Å². The van der Waals surface area contributed by atoms with Gasteiger partial charge in [-0.2, -0.15) is 5.26 Å². The Bertz CT molecular complexity index is 712. The first-order chi connectivity index (χ1) is 10.1. The molecular weight excluding hydrogens is 266 g/mol. The zero-order chi connectivity index (χ0) is 15.2. The maximum Gasteiger partial charge on any atom is 0.303 e. The van der Waals surface area contributed by atoms with E-state index in [-0.39, 0.29) is 12.2 Å². The van der Waals surface area contributed by atoms with Crippen LogP contribution in [0.3, 0.4) is 0 Å². The lowest BCUT2D eigenvalue weighted by Crippen LogP contribution is -2.03. The molecule has 0 aliphatic heterocycles. The summed E-state index contributed by atoms with van der Waals surface area (Å²) in [7, 11) is 0. The van der Waals surface area contributed by atoms with Gasteiger partial charge >= 0.3 is 5.97 Å². The van der Waals surface area contributed by atoms with Crippen molar-refractivity contribution in [2.24, 2.45) is 0 Å². The van der Waals surface area contributed by atoms with Crippen LogP contribution in [0.15, 0.2) is 48.5 Å². The van der Waals surface area contributed by atoms with Gasteiger partial charge < -0.3 is 5.11 Å². The van der Waals surface area contributed by atoms with Gasteiger partial charge in [0.25, 0.3) is 0 Å². The highest BCUT2D eigenvalue weighted by molar-refractivity contribution is 6.09. The molecule has 0 spiro atoms. The first-order valence-corrected chi connectivity index (χ1v) is 6.46. The lowest BCUT2D eigenvalue weighted by Gasteiger charge is -2.04. The highest BCUT2D eigenvalue weighted by Crippen LogP contribution is 2.14. The fraction of sp³-hybridized carbons (Fsp3) is 0.118. The highest BCUT2D eigenvalue weighted by Gasteiger charge is 2.10. The first kappa shape index (κ1) is 14.5. The van der Waals surface area contributed by atoms with Crippen LogP contribution < -0.4 is 0 Å². The molecule has 4 heteroatoms. The molecule has 0 atom stereocenters. The third-order valence-corrected chi connectivity index (χ3v) is 3.09. The zero-order valence-corrected chi connectivity index (χ0v) is 11.2. The van der Waals surface area contributed by atoms with Crippen molar-refractivity contribution in [3.05, 3.63) is 70.8 Å². The number of carbonyl (C=O) groups excluding carboxylic acids is 1. The number of nitrogens with zero attached hydrogens (tertiary/aromatic N) is 1. The molecule has 2 aromatic carbocycles. The Morgan fingerprint density at radius 3 is 2.38 bits per heavy atom. The van der Waals surface area contributed by atoms with Crippen LogP contribution in [0.4, 0.5) is 0 Å². The standard InChI is InChI=1S/C17H13NO3/c18-11-13-4-7-14(8-5-13)17(21)15-3-1-2-12(10-15)6-9-16(19)20/h1-5,7-8,10H,6,9H2,(H,19,20). The van der Waals surface area contributed by atoms with Gasteiger partial charge in [-0.25, -0.2) is 0 Å². The minimum atomic E-state index is -0.862. The van der Waals surface area contributed by atoms with Crippen LogP contribution in [0.25, 0.3) is 0 Å². The van der Waals surface area contributed by atoms with Crippen molar-refractivity contribution in [2.45, 2.75) is 12.8 Å². The van der Waals surface area contributed by atoms with Crippen molar-refractivity contribution < 1.29 is 14.7 Å². The number of carbonyl (C=O) groups is 2. The van der Waals surface area contributed by atoms with Crippen LogP contribution in [-0.2, 0) is 11.2 Å². The van der Waals surface area contributed by atoms with Gasteiger partial charge in [-0.05, 0) is 42.3 Å². The van der Waals surface area contributed by atoms with Crippen LogP contribution in [0.5, 0.6) is 0 Å². The van der Waals surface area contributed by atoms with E-state index in [4.69, 9.17) is 10.4 Å². The second-order valence-electron chi connectivity index (χ2n) is 4.61. The van der Waals surface area contributed by atoms with Crippen molar-refractivity contribution in [3.63, 3.8) is 0 Å². The second kappa shape index (κ2) is 6.49. The molecule has 104 valence electrons. The monoisotopic (exact) mass is 279 g/mol. The van der Waals surface area contributed by atoms with E-state index in [0.717, 1.165) is 5.56 Å². The number of aryl methyl sites for hydroxylation is 1. The maximum atomic E-state index is 12.3. The Morgan fingerprint density at radius 1 is 1.05 bits per heavy atom. The topological polar surface area (TPSA) is 78.2 Å². The van der Waals surface area contributed by atoms with Crippen molar-refractivity contribution >= 4 is 11.8 Å². The predicted octanol–water partition coefficient (Wildman–Crippen LogP) is 2.81. The lowest BCUT2D eigenvalue weighted by atomic mass is 9.99. The smallest absolute Gasteiger partial charge is 0.303 e. The summed E-state index contributed by atoms with van der Waals surface area (Å²) < 4.78 is 0. The fourth-order valence-electron chi connectivity index (χ4n) is 1.98. The minimum absolute atomic E-state index is 0.0362. The molecule has 4 nitrogen and oxygen atoms in total. The Hall–Kier alpha value is -2.93. The quantitative estimate of drug-likeness (QED) is 0.854. The number of aliphatic carboxylic acids is 1. The number of hydrogen-bond donors (Lipinski definition) is 1. The molecule has 0 aliphatic carbocycles. The molecule has 0 heterocycles. The molecule has 0 unspecified atom stereocenters. The van der Waals surface area contributed by atoms with E-state index >= 15 is 0 Å². The van der Waals surface area contributed by atoms with E-state index in [1.54, 1.807) is 48.5 Å². The normalized spacial score (nSPS) is 9.86. The summed E-state index contributed by atoms with van der Waals surface area (Å²) in [4.78, 5) is 22.9. The van der Waals surface area contributed by atoms with Gasteiger partial charge in [0.15, 0.2) is 5.78 Å².